The van der Waals surface area contributed by atoms with E-state index in [9.17, 15) is 28.3 Å². The molecule has 0 radical (unpaired) electrons. The van der Waals surface area contributed by atoms with Gasteiger partial charge < -0.3 is 19.9 Å². The summed E-state index contributed by atoms with van der Waals surface area (Å²) in [5.74, 6) is -3.46. The smallest absolute Gasteiger partial charge is 0.276 e. The zero-order valence-corrected chi connectivity index (χ0v) is 18.5. The van der Waals surface area contributed by atoms with Crippen LogP contribution in [0.3, 0.4) is 0 Å². The molecule has 0 aliphatic carbocycles. The Morgan fingerprint density at radius 1 is 1.33 bits per heavy atom. The van der Waals surface area contributed by atoms with Gasteiger partial charge in [-0.2, -0.15) is 0 Å². The SMILES string of the molecule is CCCC12Cn3cc(C(=O)NCc4ccc(F)cc4F)c(=O)c(O)c3C(=O)N1C[C@@H](C)CN2. The Hall–Kier alpha value is -3.27. The molecule has 2 atom stereocenters. The zero-order chi connectivity index (χ0) is 23.9. The van der Waals surface area contributed by atoms with Gasteiger partial charge in [-0.3, -0.25) is 19.7 Å². The molecule has 0 spiro atoms. The molecule has 8 nitrogen and oxygen atoms in total. The van der Waals surface area contributed by atoms with Crippen LogP contribution in [0.4, 0.5) is 8.78 Å². The lowest BCUT2D eigenvalue weighted by molar-refractivity contribution is -0.0165. The maximum atomic E-state index is 13.9. The number of hydrogen-bond acceptors (Lipinski definition) is 5. The summed E-state index contributed by atoms with van der Waals surface area (Å²) in [6.07, 6.45) is 2.71. The van der Waals surface area contributed by atoms with Gasteiger partial charge in [0.25, 0.3) is 11.8 Å². The van der Waals surface area contributed by atoms with Crippen LogP contribution in [-0.2, 0) is 13.1 Å². The number of amides is 2. The molecule has 1 aromatic heterocycles. The number of benzene rings is 1. The number of carbonyl (C=O) groups excluding carboxylic acids is 2. The largest absolute Gasteiger partial charge is 0.503 e. The summed E-state index contributed by atoms with van der Waals surface area (Å²) >= 11 is 0. The summed E-state index contributed by atoms with van der Waals surface area (Å²) in [5.41, 5.74) is -2.13. The van der Waals surface area contributed by atoms with Gasteiger partial charge >= 0.3 is 0 Å². The van der Waals surface area contributed by atoms with Gasteiger partial charge in [0.05, 0.1) is 6.54 Å². The van der Waals surface area contributed by atoms with Crippen molar-refractivity contribution >= 4 is 11.8 Å². The molecule has 1 fully saturated rings. The molecule has 2 aliphatic rings. The summed E-state index contributed by atoms with van der Waals surface area (Å²) in [6.45, 7) is 5.19. The average Bonchev–Trinajstić information content (AvgIpc) is 2.76. The number of carbonyl (C=O) groups is 2. The molecule has 0 bridgehead atoms. The maximum Gasteiger partial charge on any atom is 0.276 e. The molecule has 176 valence electrons. The van der Waals surface area contributed by atoms with Crippen molar-refractivity contribution in [3.05, 3.63) is 63.1 Å². The number of aromatic nitrogens is 1. The second-order valence-electron chi connectivity index (χ2n) is 8.80. The Kier molecular flexibility index (Phi) is 5.96. The fourth-order valence-electron chi connectivity index (χ4n) is 4.65. The maximum absolute atomic E-state index is 13.9. The van der Waals surface area contributed by atoms with E-state index in [0.717, 1.165) is 12.5 Å². The molecule has 1 unspecified atom stereocenters. The van der Waals surface area contributed by atoms with E-state index in [0.29, 0.717) is 25.6 Å². The number of nitrogens with zero attached hydrogens (tertiary/aromatic N) is 2. The van der Waals surface area contributed by atoms with Gasteiger partial charge in [-0.05, 0) is 18.4 Å². The molecule has 1 aromatic carbocycles. The lowest BCUT2D eigenvalue weighted by Gasteiger charge is -2.53. The van der Waals surface area contributed by atoms with Crippen LogP contribution in [0.25, 0.3) is 0 Å². The van der Waals surface area contributed by atoms with Crippen LogP contribution in [0.15, 0.2) is 29.2 Å². The fourth-order valence-corrected chi connectivity index (χ4v) is 4.65. The van der Waals surface area contributed by atoms with Crippen molar-refractivity contribution in [2.45, 2.75) is 45.4 Å². The van der Waals surface area contributed by atoms with Crippen LogP contribution in [0.2, 0.25) is 0 Å². The summed E-state index contributed by atoms with van der Waals surface area (Å²) in [4.78, 5) is 40.4. The second-order valence-corrected chi connectivity index (χ2v) is 8.80. The van der Waals surface area contributed by atoms with Crippen molar-refractivity contribution in [1.82, 2.24) is 20.1 Å². The van der Waals surface area contributed by atoms with Crippen molar-refractivity contribution in [2.75, 3.05) is 13.1 Å². The monoisotopic (exact) mass is 460 g/mol. The quantitative estimate of drug-likeness (QED) is 0.633. The first kappa shape index (κ1) is 22.9. The molecule has 2 amide bonds. The number of nitrogens with one attached hydrogen (secondary N) is 2. The Balaban J connectivity index is 1.67. The van der Waals surface area contributed by atoms with Crippen molar-refractivity contribution in [3.63, 3.8) is 0 Å². The molecule has 3 heterocycles. The van der Waals surface area contributed by atoms with Crippen molar-refractivity contribution in [3.8, 4) is 5.75 Å². The minimum Gasteiger partial charge on any atom is -0.503 e. The number of fused-ring (bicyclic) bond motifs is 2. The first-order valence-electron chi connectivity index (χ1n) is 10.9. The Morgan fingerprint density at radius 3 is 2.79 bits per heavy atom. The van der Waals surface area contributed by atoms with E-state index in [1.807, 2.05) is 13.8 Å². The van der Waals surface area contributed by atoms with Gasteiger partial charge in [-0.15, -0.1) is 0 Å². The van der Waals surface area contributed by atoms with Crippen LogP contribution in [0.5, 0.6) is 5.75 Å². The Labute approximate surface area is 189 Å². The minimum atomic E-state index is -0.979. The van der Waals surface area contributed by atoms with Crippen LogP contribution >= 0.6 is 0 Å². The summed E-state index contributed by atoms with van der Waals surface area (Å²) in [6, 6.07) is 2.95. The molecular weight excluding hydrogens is 434 g/mol. The number of pyridine rings is 1. The molecule has 0 saturated carbocycles. The molecule has 2 aromatic rings. The minimum absolute atomic E-state index is 0.0419. The van der Waals surface area contributed by atoms with Gasteiger partial charge in [0.15, 0.2) is 11.4 Å². The van der Waals surface area contributed by atoms with E-state index >= 15 is 0 Å². The molecule has 2 aliphatic heterocycles. The second kappa shape index (κ2) is 8.58. The molecule has 33 heavy (non-hydrogen) atoms. The van der Waals surface area contributed by atoms with Gasteiger partial charge in [0, 0.05) is 37.5 Å². The topological polar surface area (TPSA) is 104 Å². The number of aromatic hydroxyl groups is 1. The molecule has 4 rings (SSSR count). The molecule has 3 N–H and O–H groups in total. The summed E-state index contributed by atoms with van der Waals surface area (Å²) in [5, 5.41) is 16.5. The first-order chi connectivity index (χ1) is 15.7. The van der Waals surface area contributed by atoms with E-state index in [1.165, 1.54) is 16.8 Å². The molecule has 10 heteroatoms. The highest BCUT2D eigenvalue weighted by Crippen LogP contribution is 2.34. The van der Waals surface area contributed by atoms with E-state index in [-0.39, 0.29) is 35.8 Å². The van der Waals surface area contributed by atoms with Gasteiger partial charge in [-0.1, -0.05) is 26.3 Å². The molecule has 1 saturated heterocycles. The first-order valence-corrected chi connectivity index (χ1v) is 10.9. The highest BCUT2D eigenvalue weighted by molar-refractivity contribution is 5.99. The van der Waals surface area contributed by atoms with Gasteiger partial charge in [-0.25, -0.2) is 8.78 Å². The summed E-state index contributed by atoms with van der Waals surface area (Å²) < 4.78 is 28.4. The zero-order valence-electron chi connectivity index (χ0n) is 18.5. The van der Waals surface area contributed by atoms with E-state index in [1.54, 1.807) is 4.90 Å². The lowest BCUT2D eigenvalue weighted by Crippen LogP contribution is -2.70. The van der Waals surface area contributed by atoms with Crippen molar-refractivity contribution in [1.29, 1.82) is 0 Å². The third-order valence-corrected chi connectivity index (χ3v) is 6.29. The number of hydrogen-bond donors (Lipinski definition) is 3. The van der Waals surface area contributed by atoms with Crippen LogP contribution < -0.4 is 16.1 Å². The van der Waals surface area contributed by atoms with Crippen molar-refractivity contribution < 1.29 is 23.5 Å². The normalized spacial score (nSPS) is 22.0. The highest BCUT2D eigenvalue weighted by Gasteiger charge is 2.48. The predicted octanol–water partition coefficient (Wildman–Crippen LogP) is 1.95. The van der Waals surface area contributed by atoms with Crippen LogP contribution in [0, 0.1) is 17.6 Å². The predicted molar refractivity (Wildman–Crippen MR) is 116 cm³/mol. The van der Waals surface area contributed by atoms with Crippen LogP contribution in [-0.4, -0.2) is 45.1 Å². The fraction of sp³-hybridized carbons (Fsp3) is 0.435. The van der Waals surface area contributed by atoms with E-state index in [2.05, 4.69) is 10.6 Å². The Morgan fingerprint density at radius 2 is 2.09 bits per heavy atom. The van der Waals surface area contributed by atoms with Crippen molar-refractivity contribution in [2.24, 2.45) is 5.92 Å². The number of halogens is 2. The van der Waals surface area contributed by atoms with Gasteiger partial charge in [0.1, 0.15) is 22.9 Å². The van der Waals surface area contributed by atoms with E-state index < -0.39 is 40.3 Å². The van der Waals surface area contributed by atoms with Gasteiger partial charge in [0.2, 0.25) is 5.43 Å². The van der Waals surface area contributed by atoms with E-state index in [4.69, 9.17) is 0 Å². The number of rotatable bonds is 5. The molecular formula is C23H26F2N4O4. The standard InChI is InChI=1S/C23H26F2N4O4/c1-3-6-23-12-28-11-16(21(32)26-9-14-4-5-15(24)7-17(14)25)19(30)20(31)18(28)22(33)29(23)10-13(2)8-27-23/h4-5,7,11,13,27,31H,3,6,8-10,12H2,1-2H3,(H,26,32)/t13-,23?/m0/s1. The lowest BCUT2D eigenvalue weighted by atomic mass is 9.91. The highest BCUT2D eigenvalue weighted by atomic mass is 19.1. The van der Waals surface area contributed by atoms with Crippen LogP contribution in [0.1, 0.15) is 53.1 Å². The third-order valence-electron chi connectivity index (χ3n) is 6.29. The third kappa shape index (κ3) is 3.99. The summed E-state index contributed by atoms with van der Waals surface area (Å²) in [7, 11) is 0. The Bertz CT molecular complexity index is 1180. The average molecular weight is 460 g/mol.